The molecule has 0 amide bonds. The molecular formula is C34H27ClFN3O5S. The molecule has 0 N–H and O–H groups in total. The van der Waals surface area contributed by atoms with E-state index in [4.69, 9.17) is 25.6 Å². The molecule has 6 rings (SSSR count). The zero-order valence-corrected chi connectivity index (χ0v) is 26.1. The van der Waals surface area contributed by atoms with Crippen molar-refractivity contribution in [2.45, 2.75) is 18.4 Å². The number of ether oxygens (including phenoxy) is 2. The Morgan fingerprint density at radius 2 is 1.71 bits per heavy atom. The standard InChI is InChI=1S/C34H27ClFN3O5S/c1-21-19-37-34(30-17-31(35)29(18-32(30)43-3)23-5-4-6-24(36)15-23)27-12-11-26(16-28(21)27)45(40,41)39(33-13-14-44-38-33)20-22-7-9-25(42-2)10-8-22/h4-19H,20H2,1-3H3. The van der Waals surface area contributed by atoms with Crippen LogP contribution in [0.15, 0.2) is 107 Å². The first-order chi connectivity index (χ1) is 21.7. The minimum absolute atomic E-state index is 0.0187. The van der Waals surface area contributed by atoms with Gasteiger partial charge >= 0.3 is 0 Å². The largest absolute Gasteiger partial charge is 0.497 e. The molecule has 6 aromatic rings. The van der Waals surface area contributed by atoms with Gasteiger partial charge in [0.2, 0.25) is 0 Å². The third-order valence-electron chi connectivity index (χ3n) is 7.49. The van der Waals surface area contributed by atoms with Crippen LogP contribution in [0.1, 0.15) is 11.1 Å². The van der Waals surface area contributed by atoms with Crippen LogP contribution in [0, 0.1) is 12.7 Å². The van der Waals surface area contributed by atoms with E-state index >= 15 is 0 Å². The quantitative estimate of drug-likeness (QED) is 0.157. The lowest BCUT2D eigenvalue weighted by molar-refractivity contribution is 0.414. The van der Waals surface area contributed by atoms with Gasteiger partial charge in [-0.15, -0.1) is 0 Å². The molecule has 0 radical (unpaired) electrons. The third-order valence-corrected chi connectivity index (χ3v) is 9.55. The van der Waals surface area contributed by atoms with Crippen LogP contribution >= 0.6 is 11.6 Å². The van der Waals surface area contributed by atoms with Crippen molar-refractivity contribution in [2.24, 2.45) is 0 Å². The van der Waals surface area contributed by atoms with Gasteiger partial charge in [-0.1, -0.05) is 47.1 Å². The highest BCUT2D eigenvalue weighted by molar-refractivity contribution is 7.92. The fourth-order valence-corrected chi connectivity index (χ4v) is 6.86. The van der Waals surface area contributed by atoms with Crippen LogP contribution in [-0.4, -0.2) is 32.8 Å². The molecule has 45 heavy (non-hydrogen) atoms. The van der Waals surface area contributed by atoms with Gasteiger partial charge in [0.15, 0.2) is 5.82 Å². The Labute approximate surface area is 264 Å². The lowest BCUT2D eigenvalue weighted by Gasteiger charge is -2.22. The van der Waals surface area contributed by atoms with Crippen LogP contribution in [0.25, 0.3) is 33.2 Å². The number of aromatic nitrogens is 2. The van der Waals surface area contributed by atoms with Crippen LogP contribution in [0.5, 0.6) is 11.5 Å². The number of aryl methyl sites for hydroxylation is 1. The van der Waals surface area contributed by atoms with E-state index < -0.39 is 10.0 Å². The molecule has 8 nitrogen and oxygen atoms in total. The minimum Gasteiger partial charge on any atom is -0.497 e. The topological polar surface area (TPSA) is 94.8 Å². The van der Waals surface area contributed by atoms with Gasteiger partial charge in [-0.3, -0.25) is 4.98 Å². The molecule has 0 spiro atoms. The van der Waals surface area contributed by atoms with Gasteiger partial charge in [0, 0.05) is 33.8 Å². The van der Waals surface area contributed by atoms with Gasteiger partial charge < -0.3 is 14.0 Å². The number of fused-ring (bicyclic) bond motifs is 1. The summed E-state index contributed by atoms with van der Waals surface area (Å²) in [5.41, 5.74) is 3.87. The molecule has 0 atom stereocenters. The second kappa shape index (κ2) is 12.2. The van der Waals surface area contributed by atoms with Gasteiger partial charge in [-0.25, -0.2) is 17.1 Å². The maximum absolute atomic E-state index is 14.1. The number of hydrogen-bond donors (Lipinski definition) is 0. The average Bonchev–Trinajstić information content (AvgIpc) is 3.58. The van der Waals surface area contributed by atoms with Gasteiger partial charge in [-0.2, -0.15) is 0 Å². The predicted molar refractivity (Wildman–Crippen MR) is 172 cm³/mol. The Bertz CT molecular complexity index is 2120. The monoisotopic (exact) mass is 643 g/mol. The van der Waals surface area contributed by atoms with Crippen LogP contribution in [0.2, 0.25) is 5.02 Å². The van der Waals surface area contributed by atoms with Gasteiger partial charge in [-0.05, 0) is 77.5 Å². The minimum atomic E-state index is -4.10. The van der Waals surface area contributed by atoms with Gasteiger partial charge in [0.25, 0.3) is 10.0 Å². The number of anilines is 1. The summed E-state index contributed by atoms with van der Waals surface area (Å²) in [5, 5.41) is 5.68. The number of methoxy groups -OCH3 is 2. The van der Waals surface area contributed by atoms with Crippen molar-refractivity contribution in [1.29, 1.82) is 0 Å². The third kappa shape index (κ3) is 5.82. The molecule has 0 saturated heterocycles. The number of sulfonamides is 1. The predicted octanol–water partition coefficient (Wildman–Crippen LogP) is 8.07. The smallest absolute Gasteiger partial charge is 0.265 e. The van der Waals surface area contributed by atoms with Crippen molar-refractivity contribution in [3.63, 3.8) is 0 Å². The lowest BCUT2D eigenvalue weighted by Crippen LogP contribution is -2.30. The zero-order chi connectivity index (χ0) is 31.7. The summed E-state index contributed by atoms with van der Waals surface area (Å²) in [4.78, 5) is 4.76. The van der Waals surface area contributed by atoms with Gasteiger partial charge in [0.05, 0.1) is 31.4 Å². The first-order valence-corrected chi connectivity index (χ1v) is 15.6. The van der Waals surface area contributed by atoms with E-state index in [1.54, 1.807) is 80.0 Å². The Hall–Kier alpha value is -4.93. The van der Waals surface area contributed by atoms with Crippen LogP contribution in [0.4, 0.5) is 10.2 Å². The summed E-state index contributed by atoms with van der Waals surface area (Å²) in [7, 11) is -1.00. The fraction of sp³-hybridized carbons (Fsp3) is 0.118. The zero-order valence-electron chi connectivity index (χ0n) is 24.5. The van der Waals surface area contributed by atoms with E-state index in [-0.39, 0.29) is 23.1 Å². The van der Waals surface area contributed by atoms with E-state index in [1.165, 1.54) is 35.9 Å². The highest BCUT2D eigenvalue weighted by Gasteiger charge is 2.28. The molecule has 0 aliphatic carbocycles. The lowest BCUT2D eigenvalue weighted by atomic mass is 9.97. The van der Waals surface area contributed by atoms with Crippen molar-refractivity contribution in [3.8, 4) is 33.9 Å². The molecule has 2 heterocycles. The SMILES string of the molecule is COc1ccc(CN(c2ccon2)S(=O)(=O)c2ccc3c(-c4cc(Cl)c(-c5cccc(F)c5)cc4OC)ncc(C)c3c2)cc1. The Balaban J connectivity index is 1.44. The van der Waals surface area contributed by atoms with Crippen molar-refractivity contribution in [1.82, 2.24) is 10.1 Å². The van der Waals surface area contributed by atoms with Gasteiger partial charge in [0.1, 0.15) is 23.6 Å². The number of halogens is 2. The van der Waals surface area contributed by atoms with E-state index in [0.29, 0.717) is 49.7 Å². The highest BCUT2D eigenvalue weighted by atomic mass is 35.5. The molecular weight excluding hydrogens is 617 g/mol. The second-order valence-electron chi connectivity index (χ2n) is 10.3. The molecule has 4 aromatic carbocycles. The first-order valence-electron chi connectivity index (χ1n) is 13.8. The number of pyridine rings is 1. The summed E-state index contributed by atoms with van der Waals surface area (Å²) in [6.07, 6.45) is 3.00. The van der Waals surface area contributed by atoms with Crippen molar-refractivity contribution in [3.05, 3.63) is 119 Å². The van der Waals surface area contributed by atoms with E-state index in [9.17, 15) is 12.8 Å². The molecule has 2 aromatic heterocycles. The van der Waals surface area contributed by atoms with Crippen molar-refractivity contribution < 1.29 is 26.8 Å². The second-order valence-corrected chi connectivity index (χ2v) is 12.5. The van der Waals surface area contributed by atoms with Crippen LogP contribution < -0.4 is 13.8 Å². The molecule has 11 heteroatoms. The summed E-state index contributed by atoms with van der Waals surface area (Å²) in [6.45, 7) is 1.88. The summed E-state index contributed by atoms with van der Waals surface area (Å²) < 4.78 is 59.4. The maximum Gasteiger partial charge on any atom is 0.265 e. The fourth-order valence-electron chi connectivity index (χ4n) is 5.16. The normalized spacial score (nSPS) is 11.5. The summed E-state index contributed by atoms with van der Waals surface area (Å²) in [6, 6.07) is 23.1. The first kappa shape index (κ1) is 30.1. The Morgan fingerprint density at radius 1 is 0.911 bits per heavy atom. The number of rotatable bonds is 9. The van der Waals surface area contributed by atoms with E-state index in [2.05, 4.69) is 10.1 Å². The summed E-state index contributed by atoms with van der Waals surface area (Å²) in [5.74, 6) is 0.903. The molecule has 228 valence electrons. The Morgan fingerprint density at radius 3 is 2.40 bits per heavy atom. The summed E-state index contributed by atoms with van der Waals surface area (Å²) >= 11 is 6.72. The number of hydrogen-bond acceptors (Lipinski definition) is 7. The highest BCUT2D eigenvalue weighted by Crippen LogP contribution is 2.41. The maximum atomic E-state index is 14.1. The molecule has 0 bridgehead atoms. The van der Waals surface area contributed by atoms with Crippen molar-refractivity contribution in [2.75, 3.05) is 18.5 Å². The van der Waals surface area contributed by atoms with E-state index in [1.807, 2.05) is 6.92 Å². The van der Waals surface area contributed by atoms with Crippen LogP contribution in [-0.2, 0) is 16.6 Å². The molecule has 0 fully saturated rings. The number of benzene rings is 4. The molecule has 0 aliphatic heterocycles. The van der Waals surface area contributed by atoms with Crippen molar-refractivity contribution >= 4 is 38.2 Å². The van der Waals surface area contributed by atoms with Crippen LogP contribution in [0.3, 0.4) is 0 Å². The number of nitrogens with zero attached hydrogens (tertiary/aromatic N) is 3. The molecule has 0 aliphatic rings. The molecule has 0 unspecified atom stereocenters. The molecule has 0 saturated carbocycles. The average molecular weight is 644 g/mol. The van der Waals surface area contributed by atoms with E-state index in [0.717, 1.165) is 11.1 Å². The Kier molecular flexibility index (Phi) is 8.18.